The smallest absolute Gasteiger partial charge is 0.449 e. The molecule has 1 rings (SSSR count). The molecule has 1 saturated heterocycles. The van der Waals surface area contributed by atoms with Gasteiger partial charge < -0.3 is 19.7 Å². The number of rotatable bonds is 4. The van der Waals surface area contributed by atoms with Gasteiger partial charge >= 0.3 is 23.9 Å². The van der Waals surface area contributed by atoms with E-state index in [1.807, 2.05) is 0 Å². The molecular formula is C15H23F5O5. The number of halogens is 5. The Labute approximate surface area is 142 Å². The van der Waals surface area contributed by atoms with Crippen molar-refractivity contribution in [1.82, 2.24) is 0 Å². The molecule has 0 radical (unpaired) electrons. The van der Waals surface area contributed by atoms with Gasteiger partial charge in [0.2, 0.25) is 0 Å². The third-order valence-corrected chi connectivity index (χ3v) is 5.15. The van der Waals surface area contributed by atoms with Gasteiger partial charge in [-0.2, -0.15) is 22.0 Å². The maximum atomic E-state index is 14.4. The molecule has 3 unspecified atom stereocenters. The van der Waals surface area contributed by atoms with Crippen LogP contribution in [0.15, 0.2) is 0 Å². The van der Waals surface area contributed by atoms with Gasteiger partial charge in [-0.05, 0) is 27.2 Å². The Morgan fingerprint density at radius 1 is 1.20 bits per heavy atom. The SMILES string of the molecule is CCC(C)(C)C(=O)OCC1(C)COC(O)(C(F)(F)F)C(F)(F)C1(C)O. The van der Waals surface area contributed by atoms with Crippen molar-refractivity contribution in [3.05, 3.63) is 0 Å². The minimum Gasteiger partial charge on any atom is -0.464 e. The van der Waals surface area contributed by atoms with Gasteiger partial charge in [-0.3, -0.25) is 4.79 Å². The van der Waals surface area contributed by atoms with Crippen molar-refractivity contribution in [2.24, 2.45) is 10.8 Å². The molecule has 5 nitrogen and oxygen atoms in total. The van der Waals surface area contributed by atoms with E-state index in [0.29, 0.717) is 13.3 Å². The van der Waals surface area contributed by atoms with E-state index in [1.165, 1.54) is 0 Å². The summed E-state index contributed by atoms with van der Waals surface area (Å²) in [7, 11) is 0. The molecular weight excluding hydrogens is 355 g/mol. The van der Waals surface area contributed by atoms with Gasteiger partial charge in [-0.25, -0.2) is 0 Å². The third-order valence-electron chi connectivity index (χ3n) is 5.15. The molecule has 1 heterocycles. The molecule has 0 aromatic heterocycles. The number of hydrogen-bond acceptors (Lipinski definition) is 5. The number of hydrogen-bond donors (Lipinski definition) is 2. The first-order chi connectivity index (χ1) is 10.9. The highest BCUT2D eigenvalue weighted by atomic mass is 19.4. The Morgan fingerprint density at radius 2 is 1.68 bits per heavy atom. The largest absolute Gasteiger partial charge is 0.464 e. The van der Waals surface area contributed by atoms with Crippen molar-refractivity contribution in [3.63, 3.8) is 0 Å². The molecule has 1 aliphatic heterocycles. The fourth-order valence-corrected chi connectivity index (χ4v) is 2.21. The zero-order valence-corrected chi connectivity index (χ0v) is 14.6. The molecule has 25 heavy (non-hydrogen) atoms. The standard InChI is InChI=1S/C15H23F5O5/c1-6-10(2,3)9(21)24-7-11(4)8-25-14(23,15(18,19)20)13(16,17)12(11,5)22/h22-23H,6-8H2,1-5H3. The fourth-order valence-electron chi connectivity index (χ4n) is 2.21. The van der Waals surface area contributed by atoms with E-state index in [1.54, 1.807) is 20.8 Å². The lowest BCUT2D eigenvalue weighted by Gasteiger charge is -2.55. The second kappa shape index (κ2) is 6.02. The van der Waals surface area contributed by atoms with Crippen molar-refractivity contribution in [3.8, 4) is 0 Å². The summed E-state index contributed by atoms with van der Waals surface area (Å²) in [6, 6.07) is 0. The average molecular weight is 378 g/mol. The lowest BCUT2D eigenvalue weighted by molar-refractivity contribution is -0.489. The number of esters is 1. The van der Waals surface area contributed by atoms with Crippen LogP contribution >= 0.6 is 0 Å². The van der Waals surface area contributed by atoms with Gasteiger partial charge in [0.15, 0.2) is 0 Å². The molecule has 0 aliphatic carbocycles. The fraction of sp³-hybridized carbons (Fsp3) is 0.933. The maximum Gasteiger partial charge on any atom is 0.449 e. The number of carbonyl (C=O) groups excluding carboxylic acids is 1. The van der Waals surface area contributed by atoms with Gasteiger partial charge in [-0.15, -0.1) is 0 Å². The Kier molecular flexibility index (Phi) is 5.31. The molecule has 0 saturated carbocycles. The number of alkyl halides is 5. The lowest BCUT2D eigenvalue weighted by atomic mass is 9.67. The second-order valence-electron chi connectivity index (χ2n) is 7.45. The molecule has 1 fully saturated rings. The van der Waals surface area contributed by atoms with Crippen LogP contribution in [0.4, 0.5) is 22.0 Å². The summed E-state index contributed by atoms with van der Waals surface area (Å²) in [5, 5.41) is 19.6. The highest BCUT2D eigenvalue weighted by Crippen LogP contribution is 2.57. The highest BCUT2D eigenvalue weighted by molar-refractivity contribution is 5.75. The molecule has 0 amide bonds. The molecule has 3 atom stereocenters. The quantitative estimate of drug-likeness (QED) is 0.581. The normalized spacial score (nSPS) is 36.2. The molecule has 0 aromatic rings. The molecule has 10 heteroatoms. The summed E-state index contributed by atoms with van der Waals surface area (Å²) in [5.41, 5.74) is -6.40. The number of ether oxygens (including phenoxy) is 2. The van der Waals surface area contributed by atoms with Crippen LogP contribution in [0.25, 0.3) is 0 Å². The van der Waals surface area contributed by atoms with Gasteiger partial charge in [0, 0.05) is 0 Å². The van der Waals surface area contributed by atoms with Gasteiger partial charge in [-0.1, -0.05) is 13.8 Å². The minimum atomic E-state index is -5.84. The minimum absolute atomic E-state index is 0.374. The predicted octanol–water partition coefficient (Wildman–Crippen LogP) is 2.64. The van der Waals surface area contributed by atoms with Crippen molar-refractivity contribution in [2.45, 2.75) is 64.5 Å². The monoisotopic (exact) mass is 378 g/mol. The van der Waals surface area contributed by atoms with E-state index in [4.69, 9.17) is 4.74 Å². The summed E-state index contributed by atoms with van der Waals surface area (Å²) in [6.45, 7) is 4.31. The van der Waals surface area contributed by atoms with Crippen LogP contribution in [-0.4, -0.2) is 52.9 Å². The molecule has 0 aromatic carbocycles. The van der Waals surface area contributed by atoms with Crippen LogP contribution in [0.2, 0.25) is 0 Å². The van der Waals surface area contributed by atoms with Gasteiger partial charge in [0.05, 0.1) is 17.4 Å². The van der Waals surface area contributed by atoms with E-state index >= 15 is 0 Å². The Hall–Kier alpha value is -1.00. The van der Waals surface area contributed by atoms with Crippen LogP contribution in [0.1, 0.15) is 41.0 Å². The first-order valence-corrected chi connectivity index (χ1v) is 7.60. The first-order valence-electron chi connectivity index (χ1n) is 7.60. The molecule has 0 bridgehead atoms. The van der Waals surface area contributed by atoms with Crippen molar-refractivity contribution in [2.75, 3.05) is 13.2 Å². The van der Waals surface area contributed by atoms with E-state index in [-0.39, 0.29) is 0 Å². The van der Waals surface area contributed by atoms with Crippen LogP contribution in [-0.2, 0) is 14.3 Å². The summed E-state index contributed by atoms with van der Waals surface area (Å²) in [6.07, 6.45) is -5.47. The van der Waals surface area contributed by atoms with Crippen LogP contribution in [0, 0.1) is 10.8 Å². The Morgan fingerprint density at radius 3 is 2.08 bits per heavy atom. The second-order valence-corrected chi connectivity index (χ2v) is 7.45. The lowest BCUT2D eigenvalue weighted by Crippen LogP contribution is -2.78. The van der Waals surface area contributed by atoms with Gasteiger partial charge in [0.25, 0.3) is 0 Å². The summed E-state index contributed by atoms with van der Waals surface area (Å²) in [5.74, 6) is -10.7. The molecule has 0 spiro atoms. The highest BCUT2D eigenvalue weighted by Gasteiger charge is 2.82. The molecule has 148 valence electrons. The summed E-state index contributed by atoms with van der Waals surface area (Å²) in [4.78, 5) is 12.0. The summed E-state index contributed by atoms with van der Waals surface area (Å²) >= 11 is 0. The van der Waals surface area contributed by atoms with E-state index < -0.39 is 53.5 Å². The Bertz CT molecular complexity index is 531. The zero-order chi connectivity index (χ0) is 20.1. The van der Waals surface area contributed by atoms with Crippen molar-refractivity contribution < 1.29 is 46.4 Å². The van der Waals surface area contributed by atoms with Crippen molar-refractivity contribution >= 4 is 5.97 Å². The van der Waals surface area contributed by atoms with E-state index in [0.717, 1.165) is 6.92 Å². The van der Waals surface area contributed by atoms with Crippen LogP contribution < -0.4 is 0 Å². The molecule has 1 aliphatic rings. The Balaban J connectivity index is 3.15. The third kappa shape index (κ3) is 3.12. The van der Waals surface area contributed by atoms with Crippen LogP contribution in [0.3, 0.4) is 0 Å². The van der Waals surface area contributed by atoms with Gasteiger partial charge in [0.1, 0.15) is 12.2 Å². The molecule has 2 N–H and O–H groups in total. The number of carbonyl (C=O) groups is 1. The number of aliphatic hydroxyl groups is 2. The predicted molar refractivity (Wildman–Crippen MR) is 75.7 cm³/mol. The van der Waals surface area contributed by atoms with E-state index in [2.05, 4.69) is 4.74 Å². The zero-order valence-electron chi connectivity index (χ0n) is 14.6. The van der Waals surface area contributed by atoms with Crippen molar-refractivity contribution in [1.29, 1.82) is 0 Å². The van der Waals surface area contributed by atoms with Crippen LogP contribution in [0.5, 0.6) is 0 Å². The summed E-state index contributed by atoms with van der Waals surface area (Å²) < 4.78 is 76.4. The first kappa shape index (κ1) is 22.0. The average Bonchev–Trinajstić information content (AvgIpc) is 2.47. The topological polar surface area (TPSA) is 76.0 Å². The maximum absolute atomic E-state index is 14.4. The van der Waals surface area contributed by atoms with E-state index in [9.17, 15) is 37.0 Å².